The van der Waals surface area contributed by atoms with Gasteiger partial charge < -0.3 is 4.90 Å². The van der Waals surface area contributed by atoms with E-state index >= 15 is 0 Å². The molecule has 0 aromatic heterocycles. The van der Waals surface area contributed by atoms with E-state index in [9.17, 15) is 18.0 Å². The molecule has 2 atom stereocenters. The summed E-state index contributed by atoms with van der Waals surface area (Å²) in [5.41, 5.74) is 2.04. The Hall–Kier alpha value is -2.82. The Labute approximate surface area is 169 Å². The number of anilines is 1. The lowest BCUT2D eigenvalue weighted by Gasteiger charge is -2.38. The molecule has 29 heavy (non-hydrogen) atoms. The summed E-state index contributed by atoms with van der Waals surface area (Å²) < 4.78 is 38.9. The van der Waals surface area contributed by atoms with Gasteiger partial charge in [-0.25, -0.2) is 0 Å². The van der Waals surface area contributed by atoms with Crippen LogP contribution in [0, 0.1) is 5.92 Å². The van der Waals surface area contributed by atoms with Crippen molar-refractivity contribution in [1.29, 1.82) is 0 Å². The molecule has 0 radical (unpaired) electrons. The second-order valence-corrected chi connectivity index (χ2v) is 7.57. The zero-order valence-corrected chi connectivity index (χ0v) is 16.5. The van der Waals surface area contributed by atoms with E-state index < -0.39 is 23.7 Å². The summed E-state index contributed by atoms with van der Waals surface area (Å²) in [5.74, 6) is -0.0781. The highest BCUT2D eigenvalue weighted by molar-refractivity contribution is 5.94. The molecule has 1 aliphatic rings. The molecule has 0 fully saturated rings. The number of carbonyl (C=O) groups is 1. The fraction of sp³-hybridized carbons (Fsp3) is 0.292. The number of hydrogen-bond acceptors (Lipinski definition) is 2. The molecule has 152 valence electrons. The number of carbonyl (C=O) groups excluding carboxylic acids is 1. The second-order valence-electron chi connectivity index (χ2n) is 7.57. The quantitative estimate of drug-likeness (QED) is 0.524. The van der Waals surface area contributed by atoms with Crippen molar-refractivity contribution in [2.45, 2.75) is 38.4 Å². The molecule has 0 aliphatic carbocycles. The highest BCUT2D eigenvalue weighted by Crippen LogP contribution is 2.40. The molecule has 1 heterocycles. The molecule has 2 aromatic carbocycles. The summed E-state index contributed by atoms with van der Waals surface area (Å²) in [5, 5.41) is 0. The molecule has 2 aromatic rings. The fourth-order valence-corrected chi connectivity index (χ4v) is 3.68. The van der Waals surface area contributed by atoms with Gasteiger partial charge in [0.2, 0.25) is 0 Å². The topological polar surface area (TPSA) is 20.3 Å². The molecule has 0 amide bonds. The van der Waals surface area contributed by atoms with Gasteiger partial charge in [0.15, 0.2) is 5.78 Å². The molecule has 2 unspecified atom stereocenters. The van der Waals surface area contributed by atoms with E-state index in [2.05, 4.69) is 20.4 Å². The lowest BCUT2D eigenvalue weighted by Crippen LogP contribution is -2.37. The van der Waals surface area contributed by atoms with Crippen molar-refractivity contribution in [3.8, 4) is 0 Å². The maximum absolute atomic E-state index is 13.0. The van der Waals surface area contributed by atoms with Gasteiger partial charge in [0.25, 0.3) is 0 Å². The van der Waals surface area contributed by atoms with Crippen LogP contribution in [0.25, 0.3) is 0 Å². The summed E-state index contributed by atoms with van der Waals surface area (Å²) in [6, 6.07) is 12.7. The summed E-state index contributed by atoms with van der Waals surface area (Å²) in [7, 11) is 0. The van der Waals surface area contributed by atoms with Gasteiger partial charge in [-0.3, -0.25) is 4.79 Å². The van der Waals surface area contributed by atoms with E-state index in [4.69, 9.17) is 0 Å². The van der Waals surface area contributed by atoms with Crippen molar-refractivity contribution >= 4 is 11.5 Å². The molecule has 0 bridgehead atoms. The van der Waals surface area contributed by atoms with Crippen LogP contribution in [0.4, 0.5) is 18.9 Å². The van der Waals surface area contributed by atoms with Crippen molar-refractivity contribution < 1.29 is 18.0 Å². The van der Waals surface area contributed by atoms with E-state index in [-0.39, 0.29) is 5.78 Å². The first kappa shape index (κ1) is 20.9. The van der Waals surface area contributed by atoms with Crippen molar-refractivity contribution in [3.05, 3.63) is 90.2 Å². The highest BCUT2D eigenvalue weighted by Gasteiger charge is 2.36. The average Bonchev–Trinajstić information content (AvgIpc) is 2.69. The van der Waals surface area contributed by atoms with Crippen LogP contribution in [0.1, 0.15) is 48.9 Å². The van der Waals surface area contributed by atoms with Gasteiger partial charge in [-0.2, -0.15) is 13.2 Å². The molecule has 0 saturated carbocycles. The van der Waals surface area contributed by atoms with E-state index in [1.54, 1.807) is 12.3 Å². The average molecular weight is 399 g/mol. The lowest BCUT2D eigenvalue weighted by atomic mass is 9.83. The van der Waals surface area contributed by atoms with E-state index in [1.807, 2.05) is 29.2 Å². The number of alkyl halides is 3. The molecule has 3 rings (SSSR count). The van der Waals surface area contributed by atoms with Crippen LogP contribution < -0.4 is 4.90 Å². The van der Waals surface area contributed by atoms with Crippen molar-refractivity contribution in [1.82, 2.24) is 0 Å². The Bertz CT molecular complexity index is 895. The lowest BCUT2D eigenvalue weighted by molar-refractivity contribution is -0.137. The van der Waals surface area contributed by atoms with Gasteiger partial charge in [-0.1, -0.05) is 44.2 Å². The van der Waals surface area contributed by atoms with Crippen LogP contribution in [0.2, 0.25) is 0 Å². The van der Waals surface area contributed by atoms with Crippen LogP contribution in [-0.4, -0.2) is 5.78 Å². The Morgan fingerprint density at radius 2 is 1.69 bits per heavy atom. The minimum absolute atomic E-state index is 0.0511. The van der Waals surface area contributed by atoms with E-state index in [1.165, 1.54) is 23.8 Å². The molecule has 0 N–H and O–H groups in total. The van der Waals surface area contributed by atoms with E-state index in [0.717, 1.165) is 17.8 Å². The number of halogens is 3. The van der Waals surface area contributed by atoms with Gasteiger partial charge in [0, 0.05) is 11.9 Å². The zero-order chi connectivity index (χ0) is 21.2. The smallest absolute Gasteiger partial charge is 0.340 e. The second kappa shape index (κ2) is 8.27. The number of ketones is 1. The molecule has 5 heteroatoms. The SMILES string of the molecule is C=CCC1C(=O)C=CN(c2ccc(C(C)C)cc2)C1c1ccc(C(F)(F)F)cc1. The number of hydrogen-bond donors (Lipinski definition) is 0. The summed E-state index contributed by atoms with van der Waals surface area (Å²) >= 11 is 0. The monoisotopic (exact) mass is 399 g/mol. The number of rotatable bonds is 5. The van der Waals surface area contributed by atoms with Crippen LogP contribution in [0.5, 0.6) is 0 Å². The first-order valence-corrected chi connectivity index (χ1v) is 9.60. The third-order valence-electron chi connectivity index (χ3n) is 5.30. The number of allylic oxidation sites excluding steroid dienone is 2. The standard InChI is InChI=1S/C24H24F3NO/c1-4-5-21-22(29)14-15-28(20-12-8-17(9-13-20)16(2)3)23(21)18-6-10-19(11-7-18)24(25,26)27/h4,6-16,21,23H,1,5H2,2-3H3. The number of benzene rings is 2. The summed E-state index contributed by atoms with van der Waals surface area (Å²) in [6.45, 7) is 7.97. The minimum atomic E-state index is -4.40. The largest absolute Gasteiger partial charge is 0.416 e. The Morgan fingerprint density at radius 3 is 2.21 bits per heavy atom. The third-order valence-corrected chi connectivity index (χ3v) is 5.30. The fourth-order valence-electron chi connectivity index (χ4n) is 3.68. The van der Waals surface area contributed by atoms with Gasteiger partial charge in [-0.15, -0.1) is 6.58 Å². The van der Waals surface area contributed by atoms with Crippen molar-refractivity contribution in [2.75, 3.05) is 4.90 Å². The van der Waals surface area contributed by atoms with Gasteiger partial charge in [-0.05, 0) is 53.8 Å². The highest BCUT2D eigenvalue weighted by atomic mass is 19.4. The minimum Gasteiger partial charge on any atom is -0.340 e. The Morgan fingerprint density at radius 1 is 1.07 bits per heavy atom. The molecular formula is C24H24F3NO. The summed E-state index contributed by atoms with van der Waals surface area (Å²) in [4.78, 5) is 14.5. The Kier molecular flexibility index (Phi) is 5.96. The summed E-state index contributed by atoms with van der Waals surface area (Å²) in [6.07, 6.45) is 0.974. The van der Waals surface area contributed by atoms with Crippen LogP contribution in [-0.2, 0) is 11.0 Å². The Balaban J connectivity index is 2.04. The molecule has 0 spiro atoms. The molecule has 2 nitrogen and oxygen atoms in total. The first-order valence-electron chi connectivity index (χ1n) is 9.60. The van der Waals surface area contributed by atoms with Gasteiger partial charge in [0.05, 0.1) is 17.5 Å². The number of nitrogens with zero attached hydrogens (tertiary/aromatic N) is 1. The predicted molar refractivity (Wildman–Crippen MR) is 110 cm³/mol. The predicted octanol–water partition coefficient (Wildman–Crippen LogP) is 6.67. The first-order chi connectivity index (χ1) is 13.7. The van der Waals surface area contributed by atoms with Gasteiger partial charge in [0.1, 0.15) is 0 Å². The third kappa shape index (κ3) is 4.44. The van der Waals surface area contributed by atoms with Crippen molar-refractivity contribution in [2.24, 2.45) is 5.92 Å². The van der Waals surface area contributed by atoms with Gasteiger partial charge >= 0.3 is 6.18 Å². The van der Waals surface area contributed by atoms with Crippen LogP contribution in [0.3, 0.4) is 0 Å². The molecule has 1 aliphatic heterocycles. The normalized spacial score (nSPS) is 19.7. The maximum atomic E-state index is 13.0. The molecular weight excluding hydrogens is 375 g/mol. The molecule has 0 saturated heterocycles. The zero-order valence-electron chi connectivity index (χ0n) is 16.5. The van der Waals surface area contributed by atoms with Crippen LogP contribution >= 0.6 is 0 Å². The van der Waals surface area contributed by atoms with E-state index in [0.29, 0.717) is 17.9 Å². The van der Waals surface area contributed by atoms with Crippen molar-refractivity contribution in [3.63, 3.8) is 0 Å². The maximum Gasteiger partial charge on any atom is 0.416 e. The van der Waals surface area contributed by atoms with Crippen LogP contribution in [0.15, 0.2) is 73.5 Å².